The molecule has 0 amide bonds. The summed E-state index contributed by atoms with van der Waals surface area (Å²) in [5.74, 6) is -0.121. The first-order chi connectivity index (χ1) is 8.41. The van der Waals surface area contributed by atoms with E-state index in [1.54, 1.807) is 0 Å². The van der Waals surface area contributed by atoms with E-state index in [0.717, 1.165) is 0 Å². The van der Waals surface area contributed by atoms with Gasteiger partial charge in [0.15, 0.2) is 0 Å². The average molecular weight is 272 g/mol. The van der Waals surface area contributed by atoms with Gasteiger partial charge in [0.2, 0.25) is 10.0 Å². The molecule has 1 atom stereocenters. The van der Waals surface area contributed by atoms with E-state index >= 15 is 0 Å². The molecule has 6 nitrogen and oxygen atoms in total. The number of benzene rings is 1. The molecule has 0 bridgehead atoms. The van der Waals surface area contributed by atoms with E-state index in [2.05, 4.69) is 0 Å². The van der Waals surface area contributed by atoms with E-state index < -0.39 is 10.0 Å². The molecule has 0 radical (unpaired) electrons. The molecule has 1 fully saturated rings. The highest BCUT2D eigenvalue weighted by Crippen LogP contribution is 2.26. The Bertz CT molecular complexity index is 544. The van der Waals surface area contributed by atoms with Gasteiger partial charge < -0.3 is 15.6 Å². The Morgan fingerprint density at radius 1 is 1.50 bits per heavy atom. The Morgan fingerprint density at radius 3 is 2.83 bits per heavy atom. The van der Waals surface area contributed by atoms with Crippen LogP contribution in [0.25, 0.3) is 0 Å². The highest BCUT2D eigenvalue weighted by atomic mass is 32.2. The van der Waals surface area contributed by atoms with Crippen LogP contribution in [-0.2, 0) is 14.8 Å². The fourth-order valence-electron chi connectivity index (χ4n) is 1.85. The van der Waals surface area contributed by atoms with Gasteiger partial charge in [0.25, 0.3) is 0 Å². The lowest BCUT2D eigenvalue weighted by Crippen LogP contribution is -2.44. The molecule has 1 aliphatic rings. The molecule has 18 heavy (non-hydrogen) atoms. The Morgan fingerprint density at radius 2 is 2.22 bits per heavy atom. The summed E-state index contributed by atoms with van der Waals surface area (Å²) in [6.07, 6.45) is -0.122. The van der Waals surface area contributed by atoms with Crippen molar-refractivity contribution in [2.45, 2.75) is 17.9 Å². The lowest BCUT2D eigenvalue weighted by molar-refractivity contribution is 0.0102. The maximum absolute atomic E-state index is 12.3. The van der Waals surface area contributed by atoms with Gasteiger partial charge in [0, 0.05) is 13.1 Å². The zero-order chi connectivity index (χ0) is 13.3. The predicted octanol–water partition coefficient (Wildman–Crippen LogP) is 0.384. The number of nitrogens with zero attached hydrogens (tertiary/aromatic N) is 1. The Labute approximate surface area is 106 Å². The summed E-state index contributed by atoms with van der Waals surface area (Å²) in [4.78, 5) is 0.0897. The molecule has 1 aromatic rings. The van der Waals surface area contributed by atoms with E-state index in [1.807, 2.05) is 6.92 Å². The number of sulfonamides is 1. The molecule has 0 saturated carbocycles. The van der Waals surface area contributed by atoms with Crippen molar-refractivity contribution in [3.05, 3.63) is 18.2 Å². The van der Waals surface area contributed by atoms with Crippen molar-refractivity contribution in [1.29, 1.82) is 0 Å². The third-order valence-corrected chi connectivity index (χ3v) is 4.70. The van der Waals surface area contributed by atoms with Gasteiger partial charge in [-0.25, -0.2) is 8.42 Å². The molecule has 1 saturated heterocycles. The topological polar surface area (TPSA) is 92.9 Å². The maximum atomic E-state index is 12.3. The summed E-state index contributed by atoms with van der Waals surface area (Å²) in [5, 5.41) is 9.31. The highest BCUT2D eigenvalue weighted by Gasteiger charge is 2.29. The first-order valence-electron chi connectivity index (χ1n) is 5.61. The molecule has 100 valence electrons. The van der Waals surface area contributed by atoms with Crippen LogP contribution in [0.2, 0.25) is 0 Å². The van der Waals surface area contributed by atoms with Crippen LogP contribution in [0.15, 0.2) is 23.1 Å². The minimum Gasteiger partial charge on any atom is -0.506 e. The molecule has 1 unspecified atom stereocenters. The number of phenols is 1. The van der Waals surface area contributed by atoms with Gasteiger partial charge >= 0.3 is 0 Å². The predicted molar refractivity (Wildman–Crippen MR) is 66.7 cm³/mol. The van der Waals surface area contributed by atoms with Crippen molar-refractivity contribution in [2.75, 3.05) is 25.4 Å². The van der Waals surface area contributed by atoms with Gasteiger partial charge in [-0.15, -0.1) is 0 Å². The van der Waals surface area contributed by atoms with Crippen LogP contribution in [0, 0.1) is 0 Å². The van der Waals surface area contributed by atoms with Gasteiger partial charge in [-0.05, 0) is 25.1 Å². The van der Waals surface area contributed by atoms with Crippen LogP contribution in [0.4, 0.5) is 5.69 Å². The maximum Gasteiger partial charge on any atom is 0.243 e. The molecule has 1 heterocycles. The van der Waals surface area contributed by atoms with Crippen LogP contribution in [0.3, 0.4) is 0 Å². The van der Waals surface area contributed by atoms with Crippen LogP contribution in [0.5, 0.6) is 5.75 Å². The summed E-state index contributed by atoms with van der Waals surface area (Å²) in [7, 11) is -3.57. The molecule has 0 aromatic heterocycles. The first-order valence-corrected chi connectivity index (χ1v) is 7.05. The molecule has 0 spiro atoms. The second-order valence-corrected chi connectivity index (χ2v) is 6.20. The monoisotopic (exact) mass is 272 g/mol. The van der Waals surface area contributed by atoms with Gasteiger partial charge in [-0.2, -0.15) is 4.31 Å². The fraction of sp³-hybridized carbons (Fsp3) is 0.455. The highest BCUT2D eigenvalue weighted by molar-refractivity contribution is 7.89. The number of nitrogen functional groups attached to an aromatic ring is 1. The van der Waals surface area contributed by atoms with Crippen LogP contribution < -0.4 is 5.73 Å². The van der Waals surface area contributed by atoms with Crippen LogP contribution >= 0.6 is 0 Å². The zero-order valence-electron chi connectivity index (χ0n) is 10.0. The Hall–Kier alpha value is -1.31. The molecule has 7 heteroatoms. The summed E-state index contributed by atoms with van der Waals surface area (Å²) in [5.41, 5.74) is 5.57. The number of morpholine rings is 1. The standard InChI is InChI=1S/C11H16N2O4S/c1-8-7-13(4-5-17-8)18(15,16)9-2-3-11(14)10(12)6-9/h2-3,6,8,14H,4-5,7,12H2,1H3. The fourth-order valence-corrected chi connectivity index (χ4v) is 3.38. The Balaban J connectivity index is 2.32. The lowest BCUT2D eigenvalue weighted by Gasteiger charge is -2.30. The van der Waals surface area contributed by atoms with Gasteiger partial charge in [0.1, 0.15) is 5.75 Å². The SMILES string of the molecule is CC1CN(S(=O)(=O)c2ccc(O)c(N)c2)CCO1. The minimum absolute atomic E-state index is 0.0531. The number of rotatable bonds is 2. The smallest absolute Gasteiger partial charge is 0.243 e. The second kappa shape index (κ2) is 4.75. The summed E-state index contributed by atoms with van der Waals surface area (Å²) < 4.78 is 31.3. The van der Waals surface area contributed by atoms with Crippen LogP contribution in [0.1, 0.15) is 6.92 Å². The summed E-state index contributed by atoms with van der Waals surface area (Å²) >= 11 is 0. The van der Waals surface area contributed by atoms with E-state index in [0.29, 0.717) is 19.7 Å². The third kappa shape index (κ3) is 2.43. The van der Waals surface area contributed by atoms with Crippen LogP contribution in [-0.4, -0.2) is 43.6 Å². The molecule has 3 N–H and O–H groups in total. The molecule has 1 aromatic carbocycles. The largest absolute Gasteiger partial charge is 0.506 e. The number of hydrogen-bond acceptors (Lipinski definition) is 5. The van der Waals surface area contributed by atoms with Crippen molar-refractivity contribution < 1.29 is 18.3 Å². The molecular weight excluding hydrogens is 256 g/mol. The number of anilines is 1. The zero-order valence-corrected chi connectivity index (χ0v) is 10.9. The summed E-state index contributed by atoms with van der Waals surface area (Å²) in [6, 6.07) is 3.90. The van der Waals surface area contributed by atoms with Crippen molar-refractivity contribution >= 4 is 15.7 Å². The van der Waals surface area contributed by atoms with Gasteiger partial charge in [0.05, 0.1) is 23.3 Å². The second-order valence-electron chi connectivity index (χ2n) is 4.27. The number of hydrogen-bond donors (Lipinski definition) is 2. The number of ether oxygens (including phenoxy) is 1. The number of phenolic OH excluding ortho intramolecular Hbond substituents is 1. The molecule has 1 aliphatic heterocycles. The normalized spacial score (nSPS) is 21.9. The average Bonchev–Trinajstić information content (AvgIpc) is 2.32. The van der Waals surface area contributed by atoms with E-state index in [1.165, 1.54) is 22.5 Å². The van der Waals surface area contributed by atoms with Gasteiger partial charge in [-0.3, -0.25) is 0 Å². The number of nitrogens with two attached hydrogens (primary N) is 1. The minimum atomic E-state index is -3.57. The Kier molecular flexibility index (Phi) is 3.47. The van der Waals surface area contributed by atoms with Gasteiger partial charge in [-0.1, -0.05) is 0 Å². The van der Waals surface area contributed by atoms with Crippen molar-refractivity contribution in [3.63, 3.8) is 0 Å². The van der Waals surface area contributed by atoms with E-state index in [9.17, 15) is 13.5 Å². The van der Waals surface area contributed by atoms with Crippen molar-refractivity contribution in [1.82, 2.24) is 4.31 Å². The summed E-state index contributed by atoms with van der Waals surface area (Å²) in [6.45, 7) is 2.86. The third-order valence-electron chi connectivity index (χ3n) is 2.84. The van der Waals surface area contributed by atoms with E-state index in [-0.39, 0.29) is 22.4 Å². The molecule has 0 aliphatic carbocycles. The quantitative estimate of drug-likeness (QED) is 0.600. The van der Waals surface area contributed by atoms with Crippen molar-refractivity contribution in [3.8, 4) is 5.75 Å². The lowest BCUT2D eigenvalue weighted by atomic mass is 10.3. The first kappa shape index (κ1) is 13.1. The number of aromatic hydroxyl groups is 1. The van der Waals surface area contributed by atoms with E-state index in [4.69, 9.17) is 10.5 Å². The molecule has 2 rings (SSSR count). The van der Waals surface area contributed by atoms with Crippen molar-refractivity contribution in [2.24, 2.45) is 0 Å². The molecular formula is C11H16N2O4S.